The molecule has 0 unspecified atom stereocenters. The Morgan fingerprint density at radius 3 is 2.67 bits per heavy atom. The highest BCUT2D eigenvalue weighted by molar-refractivity contribution is 6.30. The van der Waals surface area contributed by atoms with Gasteiger partial charge in [0, 0.05) is 37.7 Å². The Balaban J connectivity index is 2.02. The number of nitrogens with one attached hydrogen (secondary N) is 1. The molecule has 0 atom stereocenters. The van der Waals surface area contributed by atoms with Crippen LogP contribution in [0.3, 0.4) is 0 Å². The Labute approximate surface area is 96.2 Å². The molecule has 1 aromatic carbocycles. The Bertz CT molecular complexity index is 312. The van der Waals surface area contributed by atoms with Crippen LogP contribution in [0.5, 0.6) is 0 Å². The lowest BCUT2D eigenvalue weighted by molar-refractivity contribution is 0.233. The van der Waals surface area contributed by atoms with Gasteiger partial charge in [0.2, 0.25) is 0 Å². The van der Waals surface area contributed by atoms with Gasteiger partial charge in [-0.25, -0.2) is 0 Å². The first-order valence-electron chi connectivity index (χ1n) is 5.43. The molecule has 1 aromatic rings. The summed E-state index contributed by atoms with van der Waals surface area (Å²) in [7, 11) is 0. The van der Waals surface area contributed by atoms with Crippen molar-refractivity contribution in [2.24, 2.45) is 0 Å². The predicted octanol–water partition coefficient (Wildman–Crippen LogP) is 2.05. The molecule has 0 aromatic heterocycles. The summed E-state index contributed by atoms with van der Waals surface area (Å²) in [4.78, 5) is 2.46. The summed E-state index contributed by atoms with van der Waals surface area (Å²) >= 11 is 6.04. The van der Waals surface area contributed by atoms with Crippen molar-refractivity contribution in [3.05, 3.63) is 34.3 Å². The maximum Gasteiger partial charge on any atom is 0.0411 e. The quantitative estimate of drug-likeness (QED) is 0.828. The largest absolute Gasteiger partial charge is 0.314 e. The van der Waals surface area contributed by atoms with Crippen molar-refractivity contribution >= 4 is 11.6 Å². The van der Waals surface area contributed by atoms with E-state index in [0.717, 1.165) is 37.7 Å². The molecule has 1 fully saturated rings. The Hall–Kier alpha value is -0.570. The molecule has 2 nitrogen and oxygen atoms in total. The van der Waals surface area contributed by atoms with E-state index in [-0.39, 0.29) is 0 Å². The normalized spacial score (nSPS) is 18.0. The second kappa shape index (κ2) is 4.97. The number of hydrogen-bond donors (Lipinski definition) is 1. The minimum atomic E-state index is 0.847. The highest BCUT2D eigenvalue weighted by Gasteiger charge is 2.09. The highest BCUT2D eigenvalue weighted by atomic mass is 35.5. The van der Waals surface area contributed by atoms with Gasteiger partial charge in [-0.15, -0.1) is 0 Å². The van der Waals surface area contributed by atoms with Crippen LogP contribution in [0.4, 0.5) is 0 Å². The van der Waals surface area contributed by atoms with E-state index in [1.807, 2.05) is 6.07 Å². The third-order valence-electron chi connectivity index (χ3n) is 2.72. The van der Waals surface area contributed by atoms with Gasteiger partial charge in [0.1, 0.15) is 0 Å². The van der Waals surface area contributed by atoms with Crippen LogP contribution in [-0.4, -0.2) is 31.1 Å². The lowest BCUT2D eigenvalue weighted by Crippen LogP contribution is -2.42. The fourth-order valence-electron chi connectivity index (χ4n) is 2.03. The fourth-order valence-corrected chi connectivity index (χ4v) is 2.34. The van der Waals surface area contributed by atoms with Crippen molar-refractivity contribution in [3.63, 3.8) is 0 Å². The van der Waals surface area contributed by atoms with E-state index in [9.17, 15) is 0 Å². The molecule has 1 N–H and O–H groups in total. The molecule has 0 aliphatic carbocycles. The first kappa shape index (κ1) is 10.9. The van der Waals surface area contributed by atoms with E-state index in [1.165, 1.54) is 11.1 Å². The van der Waals surface area contributed by atoms with Gasteiger partial charge in [-0.2, -0.15) is 0 Å². The smallest absolute Gasteiger partial charge is 0.0411 e. The third-order valence-corrected chi connectivity index (χ3v) is 2.94. The van der Waals surface area contributed by atoms with Crippen molar-refractivity contribution in [2.75, 3.05) is 26.2 Å². The van der Waals surface area contributed by atoms with Crippen LogP contribution in [0.15, 0.2) is 18.2 Å². The van der Waals surface area contributed by atoms with Gasteiger partial charge in [-0.1, -0.05) is 17.7 Å². The summed E-state index contributed by atoms with van der Waals surface area (Å²) in [6.45, 7) is 7.56. The summed E-state index contributed by atoms with van der Waals surface area (Å²) in [5.74, 6) is 0. The van der Waals surface area contributed by atoms with Gasteiger partial charge < -0.3 is 5.32 Å². The second-order valence-electron chi connectivity index (χ2n) is 4.16. The molecule has 1 saturated heterocycles. The molecule has 2 rings (SSSR count). The molecule has 1 heterocycles. The summed E-state index contributed by atoms with van der Waals surface area (Å²) in [5, 5.41) is 4.20. The average molecular weight is 225 g/mol. The lowest BCUT2D eigenvalue weighted by atomic mass is 10.1. The fraction of sp³-hybridized carbons (Fsp3) is 0.500. The van der Waals surface area contributed by atoms with Gasteiger partial charge in [-0.3, -0.25) is 4.90 Å². The number of halogens is 1. The van der Waals surface area contributed by atoms with Gasteiger partial charge in [0.05, 0.1) is 0 Å². The number of benzene rings is 1. The first-order chi connectivity index (χ1) is 7.24. The monoisotopic (exact) mass is 224 g/mol. The van der Waals surface area contributed by atoms with E-state index < -0.39 is 0 Å². The van der Waals surface area contributed by atoms with Gasteiger partial charge in [0.25, 0.3) is 0 Å². The minimum absolute atomic E-state index is 0.847. The van der Waals surface area contributed by atoms with Gasteiger partial charge in [-0.05, 0) is 30.2 Å². The van der Waals surface area contributed by atoms with Crippen LogP contribution in [-0.2, 0) is 6.54 Å². The van der Waals surface area contributed by atoms with Crippen LogP contribution >= 0.6 is 11.6 Å². The third kappa shape index (κ3) is 3.20. The van der Waals surface area contributed by atoms with E-state index in [2.05, 4.69) is 29.3 Å². The first-order valence-corrected chi connectivity index (χ1v) is 5.81. The molecular formula is C12H17ClN2. The average Bonchev–Trinajstić information content (AvgIpc) is 2.17. The maximum atomic E-state index is 6.04. The van der Waals surface area contributed by atoms with E-state index >= 15 is 0 Å². The van der Waals surface area contributed by atoms with Crippen molar-refractivity contribution in [1.29, 1.82) is 0 Å². The summed E-state index contributed by atoms with van der Waals surface area (Å²) in [5.41, 5.74) is 2.56. The van der Waals surface area contributed by atoms with E-state index in [0.29, 0.717) is 0 Å². The van der Waals surface area contributed by atoms with Crippen LogP contribution in [0.1, 0.15) is 11.1 Å². The molecule has 15 heavy (non-hydrogen) atoms. The lowest BCUT2D eigenvalue weighted by Gasteiger charge is -2.27. The number of nitrogens with zero attached hydrogens (tertiary/aromatic N) is 1. The predicted molar refractivity (Wildman–Crippen MR) is 64.3 cm³/mol. The topological polar surface area (TPSA) is 15.3 Å². The number of hydrogen-bond acceptors (Lipinski definition) is 2. The Kier molecular flexibility index (Phi) is 3.62. The van der Waals surface area contributed by atoms with Crippen LogP contribution in [0.2, 0.25) is 5.02 Å². The van der Waals surface area contributed by atoms with Crippen LogP contribution in [0, 0.1) is 6.92 Å². The maximum absolute atomic E-state index is 6.04. The number of aryl methyl sites for hydroxylation is 1. The zero-order chi connectivity index (χ0) is 10.7. The second-order valence-corrected chi connectivity index (χ2v) is 4.60. The van der Waals surface area contributed by atoms with Crippen molar-refractivity contribution < 1.29 is 0 Å². The molecule has 0 radical (unpaired) electrons. The van der Waals surface area contributed by atoms with Gasteiger partial charge >= 0.3 is 0 Å². The minimum Gasteiger partial charge on any atom is -0.314 e. The molecule has 0 spiro atoms. The molecule has 3 heteroatoms. The van der Waals surface area contributed by atoms with Crippen molar-refractivity contribution in [3.8, 4) is 0 Å². The molecule has 82 valence electrons. The summed E-state index contributed by atoms with van der Waals surface area (Å²) < 4.78 is 0. The van der Waals surface area contributed by atoms with E-state index in [4.69, 9.17) is 11.6 Å². The zero-order valence-electron chi connectivity index (χ0n) is 9.09. The molecule has 1 aliphatic rings. The molecular weight excluding hydrogens is 208 g/mol. The Morgan fingerprint density at radius 2 is 2.00 bits per heavy atom. The standard InChI is InChI=1S/C12H17ClN2/c1-10-6-11(8-12(13)7-10)9-15-4-2-14-3-5-15/h6-8,14H,2-5,9H2,1H3. The Morgan fingerprint density at radius 1 is 1.27 bits per heavy atom. The summed E-state index contributed by atoms with van der Waals surface area (Å²) in [6, 6.07) is 6.29. The molecule has 0 saturated carbocycles. The zero-order valence-corrected chi connectivity index (χ0v) is 9.85. The number of rotatable bonds is 2. The molecule has 1 aliphatic heterocycles. The summed E-state index contributed by atoms with van der Waals surface area (Å²) in [6.07, 6.45) is 0. The number of piperazine rings is 1. The molecule has 0 bridgehead atoms. The van der Waals surface area contributed by atoms with Gasteiger partial charge in [0.15, 0.2) is 0 Å². The SMILES string of the molecule is Cc1cc(Cl)cc(CN2CCNCC2)c1. The van der Waals surface area contributed by atoms with Crippen LogP contribution in [0.25, 0.3) is 0 Å². The van der Waals surface area contributed by atoms with Crippen molar-refractivity contribution in [2.45, 2.75) is 13.5 Å². The highest BCUT2D eigenvalue weighted by Crippen LogP contribution is 2.16. The van der Waals surface area contributed by atoms with E-state index in [1.54, 1.807) is 0 Å². The molecule has 0 amide bonds. The van der Waals surface area contributed by atoms with Crippen LogP contribution < -0.4 is 5.32 Å². The van der Waals surface area contributed by atoms with Crippen molar-refractivity contribution in [1.82, 2.24) is 10.2 Å².